The summed E-state index contributed by atoms with van der Waals surface area (Å²) in [6.45, 7) is 16.0. The van der Waals surface area contributed by atoms with Crippen molar-refractivity contribution >= 4 is 29.5 Å². The SMILES string of the molecule is CCC[C@H](NC(=O)C(NC(=O)c1ccncc1)[C@@H](C)CC)C(=O)NC(CN[C@@H](C)C(=O)NC(CC)C(=O)NCC)CC(C)C. The molecule has 0 spiro atoms. The first-order valence-corrected chi connectivity index (χ1v) is 16.0. The fourth-order valence-electron chi connectivity index (χ4n) is 4.67. The van der Waals surface area contributed by atoms with Gasteiger partial charge in [-0.3, -0.25) is 29.0 Å². The van der Waals surface area contributed by atoms with Crippen LogP contribution in [0.25, 0.3) is 0 Å². The molecule has 44 heavy (non-hydrogen) atoms. The van der Waals surface area contributed by atoms with Gasteiger partial charge < -0.3 is 31.9 Å². The molecule has 6 N–H and O–H groups in total. The summed E-state index contributed by atoms with van der Waals surface area (Å²) in [5.74, 6) is -1.58. The summed E-state index contributed by atoms with van der Waals surface area (Å²) in [5, 5.41) is 17.5. The molecule has 0 radical (unpaired) electrons. The summed E-state index contributed by atoms with van der Waals surface area (Å²) < 4.78 is 0. The molecule has 0 fully saturated rings. The normalized spacial score (nSPS) is 15.2. The van der Waals surface area contributed by atoms with Gasteiger partial charge in [0.25, 0.3) is 5.91 Å². The molecule has 3 unspecified atom stereocenters. The van der Waals surface area contributed by atoms with Crippen molar-refractivity contribution in [2.24, 2.45) is 11.8 Å². The van der Waals surface area contributed by atoms with Crippen LogP contribution in [0.3, 0.4) is 0 Å². The molecular weight excluding hydrogens is 562 g/mol. The number of nitrogens with zero attached hydrogens (tertiary/aromatic N) is 1. The van der Waals surface area contributed by atoms with Crippen LogP contribution >= 0.6 is 0 Å². The van der Waals surface area contributed by atoms with Crippen LogP contribution in [0.1, 0.15) is 97.9 Å². The summed E-state index contributed by atoms with van der Waals surface area (Å²) in [4.78, 5) is 68.7. The first kappa shape index (κ1) is 38.5. The maximum absolute atomic E-state index is 13.5. The maximum atomic E-state index is 13.5. The van der Waals surface area contributed by atoms with Gasteiger partial charge >= 0.3 is 0 Å². The lowest BCUT2D eigenvalue weighted by Crippen LogP contribution is -2.58. The number of rotatable bonds is 20. The quantitative estimate of drug-likeness (QED) is 0.130. The number of likely N-dealkylation sites (N-methyl/N-ethyl adjacent to an activating group) is 1. The van der Waals surface area contributed by atoms with Gasteiger partial charge in [-0.1, -0.05) is 54.4 Å². The van der Waals surface area contributed by atoms with Crippen molar-refractivity contribution in [3.8, 4) is 0 Å². The van der Waals surface area contributed by atoms with Gasteiger partial charge in [-0.2, -0.15) is 0 Å². The van der Waals surface area contributed by atoms with Crippen LogP contribution < -0.4 is 31.9 Å². The van der Waals surface area contributed by atoms with Crippen LogP contribution in [-0.2, 0) is 19.2 Å². The van der Waals surface area contributed by atoms with Gasteiger partial charge in [0, 0.05) is 37.1 Å². The summed E-state index contributed by atoms with van der Waals surface area (Å²) in [6.07, 6.45) is 5.86. The molecule has 1 heterocycles. The number of pyridine rings is 1. The van der Waals surface area contributed by atoms with Gasteiger partial charge in [-0.15, -0.1) is 0 Å². The van der Waals surface area contributed by atoms with Crippen LogP contribution in [0.5, 0.6) is 0 Å². The molecule has 0 aromatic carbocycles. The number of hydrogen-bond donors (Lipinski definition) is 6. The highest BCUT2D eigenvalue weighted by Gasteiger charge is 2.31. The number of carbonyl (C=O) groups is 5. The Bertz CT molecular complexity index is 1050. The molecule has 0 aliphatic rings. The number of nitrogens with one attached hydrogen (secondary N) is 6. The van der Waals surface area contributed by atoms with Crippen LogP contribution in [-0.4, -0.2) is 77.8 Å². The topological polar surface area (TPSA) is 170 Å². The van der Waals surface area contributed by atoms with E-state index in [4.69, 9.17) is 0 Å². The van der Waals surface area contributed by atoms with Gasteiger partial charge in [-0.25, -0.2) is 0 Å². The zero-order valence-corrected chi connectivity index (χ0v) is 27.8. The Hall–Kier alpha value is -3.54. The predicted molar refractivity (Wildman–Crippen MR) is 172 cm³/mol. The van der Waals surface area contributed by atoms with Gasteiger partial charge in [-0.05, 0) is 57.1 Å². The molecule has 0 saturated carbocycles. The van der Waals surface area contributed by atoms with E-state index < -0.39 is 30.1 Å². The van der Waals surface area contributed by atoms with Crippen LogP contribution in [0.4, 0.5) is 0 Å². The molecule has 1 aromatic rings. The van der Waals surface area contributed by atoms with Gasteiger partial charge in [0.2, 0.25) is 23.6 Å². The lowest BCUT2D eigenvalue weighted by Gasteiger charge is -2.28. The number of aromatic nitrogens is 1. The molecule has 0 bridgehead atoms. The molecule has 12 heteroatoms. The smallest absolute Gasteiger partial charge is 0.252 e. The van der Waals surface area contributed by atoms with Crippen molar-refractivity contribution in [3.05, 3.63) is 30.1 Å². The fourth-order valence-corrected chi connectivity index (χ4v) is 4.67. The lowest BCUT2D eigenvalue weighted by atomic mass is 9.97. The average Bonchev–Trinajstić information content (AvgIpc) is 3.00. The minimum atomic E-state index is -0.827. The minimum Gasteiger partial charge on any atom is -0.355 e. The van der Waals surface area contributed by atoms with E-state index in [1.54, 1.807) is 19.1 Å². The Morgan fingerprint density at radius 2 is 1.39 bits per heavy atom. The second-order valence-corrected chi connectivity index (χ2v) is 11.8. The highest BCUT2D eigenvalue weighted by atomic mass is 16.2. The summed E-state index contributed by atoms with van der Waals surface area (Å²) >= 11 is 0. The van der Waals surface area contributed by atoms with Gasteiger partial charge in [0.1, 0.15) is 18.1 Å². The fraction of sp³-hybridized carbons (Fsp3) is 0.688. The Kier molecular flexibility index (Phi) is 17.9. The van der Waals surface area contributed by atoms with Crippen molar-refractivity contribution < 1.29 is 24.0 Å². The van der Waals surface area contributed by atoms with Crippen LogP contribution in [0, 0.1) is 11.8 Å². The average molecular weight is 618 g/mol. The van der Waals surface area contributed by atoms with E-state index in [0.717, 1.165) is 0 Å². The molecular formula is C32H55N7O5. The first-order chi connectivity index (χ1) is 20.9. The first-order valence-electron chi connectivity index (χ1n) is 16.0. The Morgan fingerprint density at radius 1 is 0.750 bits per heavy atom. The van der Waals surface area contributed by atoms with E-state index in [1.807, 2.05) is 48.5 Å². The van der Waals surface area contributed by atoms with Crippen molar-refractivity contribution in [2.75, 3.05) is 13.1 Å². The number of carbonyl (C=O) groups excluding carboxylic acids is 5. The molecule has 0 aliphatic heterocycles. The van der Waals surface area contributed by atoms with E-state index >= 15 is 0 Å². The molecule has 0 saturated heterocycles. The molecule has 6 atom stereocenters. The molecule has 1 rings (SSSR count). The predicted octanol–water partition coefficient (Wildman–Crippen LogP) is 2.05. The zero-order valence-electron chi connectivity index (χ0n) is 27.8. The third-order valence-electron chi connectivity index (χ3n) is 7.49. The van der Waals surface area contributed by atoms with Crippen molar-refractivity contribution in [1.82, 2.24) is 36.9 Å². The van der Waals surface area contributed by atoms with Crippen molar-refractivity contribution in [2.45, 2.75) is 118 Å². The van der Waals surface area contributed by atoms with Crippen molar-refractivity contribution in [1.29, 1.82) is 0 Å². The summed E-state index contributed by atoms with van der Waals surface area (Å²) in [7, 11) is 0. The third-order valence-corrected chi connectivity index (χ3v) is 7.49. The van der Waals surface area contributed by atoms with Crippen LogP contribution in [0.2, 0.25) is 0 Å². The monoisotopic (exact) mass is 617 g/mol. The number of hydrogen-bond acceptors (Lipinski definition) is 7. The largest absolute Gasteiger partial charge is 0.355 e. The molecule has 0 aliphatic carbocycles. The van der Waals surface area contributed by atoms with Crippen LogP contribution in [0.15, 0.2) is 24.5 Å². The summed E-state index contributed by atoms with van der Waals surface area (Å²) in [5.41, 5.74) is 0.394. The van der Waals surface area contributed by atoms with E-state index in [1.165, 1.54) is 12.4 Å². The molecule has 248 valence electrons. The minimum absolute atomic E-state index is 0.169. The van der Waals surface area contributed by atoms with Gasteiger partial charge in [0.15, 0.2) is 0 Å². The van der Waals surface area contributed by atoms with E-state index in [-0.39, 0.29) is 41.5 Å². The Morgan fingerprint density at radius 3 is 1.93 bits per heavy atom. The lowest BCUT2D eigenvalue weighted by molar-refractivity contribution is -0.131. The highest BCUT2D eigenvalue weighted by molar-refractivity contribution is 5.98. The second-order valence-electron chi connectivity index (χ2n) is 11.8. The number of amides is 5. The molecule has 1 aromatic heterocycles. The maximum Gasteiger partial charge on any atom is 0.252 e. The van der Waals surface area contributed by atoms with E-state index in [9.17, 15) is 24.0 Å². The van der Waals surface area contributed by atoms with Crippen molar-refractivity contribution in [3.63, 3.8) is 0 Å². The van der Waals surface area contributed by atoms with Gasteiger partial charge in [0.05, 0.1) is 6.04 Å². The zero-order chi connectivity index (χ0) is 33.2. The van der Waals surface area contributed by atoms with E-state index in [0.29, 0.717) is 50.8 Å². The standard InChI is InChI=1S/C32H55N7O5/c1-9-13-26(38-32(44)27(21(7)10-2)39-29(41)23-14-16-33-17-15-23)31(43)36-24(18-20(5)6)19-35-22(8)28(40)37-25(11-3)30(42)34-12-4/h14-17,20-22,24-27,35H,9-13,18-19H2,1-8H3,(H,34,42)(H,36,43)(H,37,40)(H,38,44)(H,39,41)/t21-,22-,24?,25?,26-,27?/m0/s1. The molecule has 5 amide bonds. The molecule has 12 nitrogen and oxygen atoms in total. The Balaban J connectivity index is 2.93. The van der Waals surface area contributed by atoms with E-state index in [2.05, 4.69) is 36.9 Å². The summed E-state index contributed by atoms with van der Waals surface area (Å²) in [6, 6.07) is -0.00106. The third kappa shape index (κ3) is 13.4. The second kappa shape index (κ2) is 20.4. The highest BCUT2D eigenvalue weighted by Crippen LogP contribution is 2.12. The Labute approximate surface area is 263 Å².